The van der Waals surface area contributed by atoms with Crippen LogP contribution in [0.15, 0.2) is 36.4 Å². The van der Waals surface area contributed by atoms with E-state index in [0.29, 0.717) is 5.75 Å². The van der Waals surface area contributed by atoms with Crippen molar-refractivity contribution in [3.63, 3.8) is 0 Å². The van der Waals surface area contributed by atoms with Gasteiger partial charge in [0.1, 0.15) is 5.56 Å². The molecule has 0 bridgehead atoms. The smallest absolute Gasteiger partial charge is 0.416 e. The van der Waals surface area contributed by atoms with Crippen molar-refractivity contribution in [1.29, 1.82) is 0 Å². The van der Waals surface area contributed by atoms with E-state index >= 15 is 0 Å². The Bertz CT molecular complexity index is 881. The molecular weight excluding hydrogens is 395 g/mol. The molecule has 156 valence electrons. The summed E-state index contributed by atoms with van der Waals surface area (Å²) in [6.45, 7) is -0.655. The van der Waals surface area contributed by atoms with Gasteiger partial charge in [0.15, 0.2) is 18.1 Å². The fourth-order valence-electron chi connectivity index (χ4n) is 2.41. The highest BCUT2D eigenvalue weighted by atomic mass is 19.4. The van der Waals surface area contributed by atoms with Crippen LogP contribution in [0.1, 0.15) is 15.9 Å². The number of methoxy groups -OCH3 is 3. The molecule has 2 aromatic rings. The molecule has 1 N–H and O–H groups in total. The van der Waals surface area contributed by atoms with Gasteiger partial charge in [0, 0.05) is 5.69 Å². The molecule has 29 heavy (non-hydrogen) atoms. The number of carbonyl (C=O) groups excluding carboxylic acids is 2. The maximum absolute atomic E-state index is 12.5. The summed E-state index contributed by atoms with van der Waals surface area (Å²) in [7, 11) is 4.11. The molecule has 0 aromatic heterocycles. The molecule has 2 rings (SSSR count). The Kier molecular flexibility index (Phi) is 6.92. The lowest BCUT2D eigenvalue weighted by molar-refractivity contribution is -0.137. The molecule has 0 spiro atoms. The van der Waals surface area contributed by atoms with Crippen molar-refractivity contribution in [2.75, 3.05) is 33.3 Å². The van der Waals surface area contributed by atoms with Gasteiger partial charge in [0.25, 0.3) is 5.91 Å². The predicted octanol–water partition coefficient (Wildman–Crippen LogP) is 3.53. The maximum Gasteiger partial charge on any atom is 0.416 e. The minimum Gasteiger partial charge on any atom is -0.493 e. The molecule has 0 aliphatic rings. The Morgan fingerprint density at radius 2 is 1.52 bits per heavy atom. The van der Waals surface area contributed by atoms with Crippen LogP contribution in [0.5, 0.6) is 17.2 Å². The average molecular weight is 413 g/mol. The van der Waals surface area contributed by atoms with Gasteiger partial charge in [-0.25, -0.2) is 4.79 Å². The molecule has 0 saturated carbocycles. The lowest BCUT2D eigenvalue weighted by Crippen LogP contribution is -2.21. The van der Waals surface area contributed by atoms with E-state index in [1.54, 1.807) is 0 Å². The first-order chi connectivity index (χ1) is 13.7. The Hall–Kier alpha value is -3.43. The van der Waals surface area contributed by atoms with E-state index in [0.717, 1.165) is 24.3 Å². The molecule has 2 aromatic carbocycles. The number of hydrogen-bond acceptors (Lipinski definition) is 6. The van der Waals surface area contributed by atoms with Crippen molar-refractivity contribution < 1.29 is 41.7 Å². The molecule has 7 nitrogen and oxygen atoms in total. The SMILES string of the molecule is COc1ccc(C(=O)OCC(=O)Nc2ccc(C(F)(F)F)cc2)c(OC)c1OC. The fraction of sp³-hybridized carbons (Fsp3) is 0.263. The van der Waals surface area contributed by atoms with Crippen molar-refractivity contribution in [3.05, 3.63) is 47.5 Å². The quantitative estimate of drug-likeness (QED) is 0.700. The summed E-state index contributed by atoms with van der Waals surface area (Å²) in [5.41, 5.74) is -0.710. The lowest BCUT2D eigenvalue weighted by Gasteiger charge is -2.15. The van der Waals surface area contributed by atoms with Crippen molar-refractivity contribution in [1.82, 2.24) is 0 Å². The number of anilines is 1. The van der Waals surface area contributed by atoms with E-state index in [2.05, 4.69) is 5.32 Å². The number of esters is 1. The summed E-state index contributed by atoms with van der Waals surface area (Å²) >= 11 is 0. The summed E-state index contributed by atoms with van der Waals surface area (Å²) < 4.78 is 58.0. The van der Waals surface area contributed by atoms with Crippen LogP contribution in [0.4, 0.5) is 18.9 Å². The zero-order valence-electron chi connectivity index (χ0n) is 15.8. The van der Waals surface area contributed by atoms with Crippen molar-refractivity contribution in [2.45, 2.75) is 6.18 Å². The van der Waals surface area contributed by atoms with Gasteiger partial charge < -0.3 is 24.3 Å². The van der Waals surface area contributed by atoms with Crippen molar-refractivity contribution in [2.24, 2.45) is 0 Å². The molecular formula is C19H18F3NO6. The topological polar surface area (TPSA) is 83.1 Å². The van der Waals surface area contributed by atoms with Gasteiger partial charge in [0.05, 0.1) is 26.9 Å². The van der Waals surface area contributed by atoms with Gasteiger partial charge in [-0.15, -0.1) is 0 Å². The third-order valence-electron chi connectivity index (χ3n) is 3.75. The first kappa shape index (κ1) is 21.9. The van der Waals surface area contributed by atoms with Gasteiger partial charge in [-0.2, -0.15) is 13.2 Å². The molecule has 0 aliphatic heterocycles. The molecule has 0 heterocycles. The lowest BCUT2D eigenvalue weighted by atomic mass is 10.1. The largest absolute Gasteiger partial charge is 0.493 e. The molecule has 0 fully saturated rings. The zero-order valence-corrected chi connectivity index (χ0v) is 15.8. The molecule has 0 unspecified atom stereocenters. The third-order valence-corrected chi connectivity index (χ3v) is 3.75. The van der Waals surface area contributed by atoms with Crippen molar-refractivity contribution >= 4 is 17.6 Å². The van der Waals surface area contributed by atoms with Gasteiger partial charge in [-0.3, -0.25) is 4.79 Å². The predicted molar refractivity (Wildman–Crippen MR) is 96.5 cm³/mol. The second-order valence-corrected chi connectivity index (χ2v) is 5.58. The minimum absolute atomic E-state index is 0.00693. The Labute approximate surface area is 164 Å². The van der Waals surface area contributed by atoms with E-state index in [4.69, 9.17) is 18.9 Å². The number of alkyl halides is 3. The van der Waals surface area contributed by atoms with Crippen LogP contribution in [-0.4, -0.2) is 39.8 Å². The number of halogens is 3. The van der Waals surface area contributed by atoms with E-state index in [1.165, 1.54) is 33.5 Å². The summed E-state index contributed by atoms with van der Waals surface area (Å²) in [4.78, 5) is 24.2. The summed E-state index contributed by atoms with van der Waals surface area (Å²) in [5.74, 6) is -0.998. The van der Waals surface area contributed by atoms with Crippen LogP contribution >= 0.6 is 0 Å². The summed E-state index contributed by atoms with van der Waals surface area (Å²) in [5, 5.41) is 2.34. The normalized spacial score (nSPS) is 10.8. The first-order valence-electron chi connectivity index (χ1n) is 8.14. The molecule has 0 saturated heterocycles. The van der Waals surface area contributed by atoms with Crippen LogP contribution in [0, 0.1) is 0 Å². The van der Waals surface area contributed by atoms with Crippen LogP contribution in [-0.2, 0) is 15.7 Å². The van der Waals surface area contributed by atoms with Crippen LogP contribution in [0.25, 0.3) is 0 Å². The summed E-state index contributed by atoms with van der Waals surface area (Å²) in [6.07, 6.45) is -4.48. The average Bonchev–Trinajstić information content (AvgIpc) is 2.70. The zero-order chi connectivity index (χ0) is 21.6. The van der Waals surface area contributed by atoms with Crippen LogP contribution in [0.3, 0.4) is 0 Å². The molecule has 0 radical (unpaired) electrons. The molecule has 0 aliphatic carbocycles. The number of rotatable bonds is 7. The van der Waals surface area contributed by atoms with E-state index < -0.39 is 30.2 Å². The van der Waals surface area contributed by atoms with E-state index in [-0.39, 0.29) is 22.7 Å². The second-order valence-electron chi connectivity index (χ2n) is 5.58. The standard InChI is InChI=1S/C19H18F3NO6/c1-26-14-9-8-13(16(27-2)17(14)28-3)18(25)29-10-15(24)23-12-6-4-11(5-7-12)19(20,21)22/h4-9H,10H2,1-3H3,(H,23,24). The van der Waals surface area contributed by atoms with Gasteiger partial charge in [0.2, 0.25) is 5.75 Å². The number of ether oxygens (including phenoxy) is 4. The van der Waals surface area contributed by atoms with Crippen LogP contribution in [0.2, 0.25) is 0 Å². The van der Waals surface area contributed by atoms with E-state index in [1.807, 2.05) is 0 Å². The number of amides is 1. The monoisotopic (exact) mass is 413 g/mol. The first-order valence-corrected chi connectivity index (χ1v) is 8.14. The highest BCUT2D eigenvalue weighted by Crippen LogP contribution is 2.40. The number of nitrogens with one attached hydrogen (secondary N) is 1. The van der Waals surface area contributed by atoms with Crippen molar-refractivity contribution in [3.8, 4) is 17.2 Å². The van der Waals surface area contributed by atoms with E-state index in [9.17, 15) is 22.8 Å². The molecule has 10 heteroatoms. The summed E-state index contributed by atoms with van der Waals surface area (Å²) in [6, 6.07) is 6.71. The number of hydrogen-bond donors (Lipinski definition) is 1. The Morgan fingerprint density at radius 3 is 2.03 bits per heavy atom. The van der Waals surface area contributed by atoms with Gasteiger partial charge in [-0.1, -0.05) is 0 Å². The third kappa shape index (κ3) is 5.31. The van der Waals surface area contributed by atoms with Gasteiger partial charge >= 0.3 is 12.1 Å². The Morgan fingerprint density at radius 1 is 0.897 bits per heavy atom. The number of benzene rings is 2. The fourth-order valence-corrected chi connectivity index (χ4v) is 2.41. The minimum atomic E-state index is -4.48. The maximum atomic E-state index is 12.5. The van der Waals surface area contributed by atoms with Gasteiger partial charge in [-0.05, 0) is 36.4 Å². The second kappa shape index (κ2) is 9.18. The van der Waals surface area contributed by atoms with Crippen LogP contribution < -0.4 is 19.5 Å². The molecule has 1 amide bonds. The number of carbonyl (C=O) groups is 2. The molecule has 0 atom stereocenters. The highest BCUT2D eigenvalue weighted by molar-refractivity contribution is 5.97. The highest BCUT2D eigenvalue weighted by Gasteiger charge is 2.30. The Balaban J connectivity index is 2.03.